The van der Waals surface area contributed by atoms with Crippen LogP contribution in [-0.4, -0.2) is 43.2 Å². The van der Waals surface area contributed by atoms with Gasteiger partial charge in [-0.3, -0.25) is 4.90 Å². The number of carbonyl (C=O) groups is 1. The quantitative estimate of drug-likeness (QED) is 0.740. The molecule has 0 aromatic rings. The minimum absolute atomic E-state index is 0.0198. The molecular weight excluding hydrogens is 274 g/mol. The molecule has 0 bridgehead atoms. The number of carbonyl (C=O) groups excluding carboxylic acids is 1. The fourth-order valence-electron chi connectivity index (χ4n) is 3.37. The van der Waals surface area contributed by atoms with Gasteiger partial charge in [-0.25, -0.2) is 4.79 Å². The van der Waals surface area contributed by atoms with Crippen LogP contribution in [0.2, 0.25) is 0 Å². The predicted molar refractivity (Wildman–Crippen MR) is 92.0 cm³/mol. The Labute approximate surface area is 135 Å². The highest BCUT2D eigenvalue weighted by atomic mass is 16.2. The largest absolute Gasteiger partial charge is 0.338 e. The molecular formula is C18H33N3O. The molecule has 1 aliphatic heterocycles. The smallest absolute Gasteiger partial charge is 0.314 e. The predicted octanol–water partition coefficient (Wildman–Crippen LogP) is 3.30. The summed E-state index contributed by atoms with van der Waals surface area (Å²) in [5, 5.41) is 6.00. The van der Waals surface area contributed by atoms with E-state index < -0.39 is 0 Å². The van der Waals surface area contributed by atoms with E-state index in [1.807, 2.05) is 0 Å². The SMILES string of the molecule is CC1CCN(C(C)CNC(=O)NCCC2=CCCCC2)CC1. The molecule has 1 atom stereocenters. The van der Waals surface area contributed by atoms with E-state index in [-0.39, 0.29) is 6.03 Å². The van der Waals surface area contributed by atoms with E-state index in [2.05, 4.69) is 35.5 Å². The monoisotopic (exact) mass is 307 g/mol. The number of hydrogen-bond acceptors (Lipinski definition) is 2. The lowest BCUT2D eigenvalue weighted by Crippen LogP contribution is -2.47. The highest BCUT2D eigenvalue weighted by Crippen LogP contribution is 2.19. The molecule has 126 valence electrons. The lowest BCUT2D eigenvalue weighted by molar-refractivity contribution is 0.145. The van der Waals surface area contributed by atoms with Crippen molar-refractivity contribution in [3.63, 3.8) is 0 Å². The van der Waals surface area contributed by atoms with Crippen LogP contribution in [0.1, 0.15) is 58.8 Å². The zero-order chi connectivity index (χ0) is 15.8. The topological polar surface area (TPSA) is 44.4 Å². The Morgan fingerprint density at radius 2 is 2.09 bits per heavy atom. The molecule has 1 unspecified atom stereocenters. The second-order valence-electron chi connectivity index (χ2n) is 7.06. The summed E-state index contributed by atoms with van der Waals surface area (Å²) >= 11 is 0. The van der Waals surface area contributed by atoms with Crippen LogP contribution in [0.25, 0.3) is 0 Å². The molecule has 4 heteroatoms. The Balaban J connectivity index is 1.56. The second kappa shape index (κ2) is 9.19. The molecule has 2 rings (SSSR count). The van der Waals surface area contributed by atoms with Crippen molar-refractivity contribution in [2.45, 2.75) is 64.8 Å². The Hall–Kier alpha value is -1.03. The Kier molecular flexibility index (Phi) is 7.23. The minimum atomic E-state index is -0.0198. The molecule has 0 spiro atoms. The van der Waals surface area contributed by atoms with Crippen molar-refractivity contribution < 1.29 is 4.79 Å². The van der Waals surface area contributed by atoms with E-state index in [0.29, 0.717) is 6.04 Å². The highest BCUT2D eigenvalue weighted by molar-refractivity contribution is 5.73. The average Bonchev–Trinajstić information content (AvgIpc) is 2.54. The van der Waals surface area contributed by atoms with Crippen molar-refractivity contribution >= 4 is 6.03 Å². The van der Waals surface area contributed by atoms with Crippen molar-refractivity contribution in [3.05, 3.63) is 11.6 Å². The van der Waals surface area contributed by atoms with Crippen LogP contribution >= 0.6 is 0 Å². The summed E-state index contributed by atoms with van der Waals surface area (Å²) in [7, 11) is 0. The van der Waals surface area contributed by atoms with Crippen molar-refractivity contribution in [1.82, 2.24) is 15.5 Å². The van der Waals surface area contributed by atoms with Crippen LogP contribution in [0.4, 0.5) is 4.79 Å². The van der Waals surface area contributed by atoms with Crippen molar-refractivity contribution in [2.24, 2.45) is 5.92 Å². The Morgan fingerprint density at radius 3 is 2.77 bits per heavy atom. The Bertz CT molecular complexity index is 373. The maximum atomic E-state index is 11.9. The summed E-state index contributed by atoms with van der Waals surface area (Å²) < 4.78 is 0. The number of nitrogens with one attached hydrogen (secondary N) is 2. The third-order valence-electron chi connectivity index (χ3n) is 5.12. The summed E-state index contributed by atoms with van der Waals surface area (Å²) in [6, 6.07) is 0.410. The number of nitrogens with zero attached hydrogens (tertiary/aromatic N) is 1. The maximum absolute atomic E-state index is 11.9. The summed E-state index contributed by atoms with van der Waals surface area (Å²) in [5.41, 5.74) is 1.52. The van der Waals surface area contributed by atoms with E-state index in [9.17, 15) is 4.79 Å². The van der Waals surface area contributed by atoms with Gasteiger partial charge in [0.25, 0.3) is 0 Å². The summed E-state index contributed by atoms with van der Waals surface area (Å²) in [6.07, 6.45) is 11.0. The standard InChI is InChI=1S/C18H33N3O/c1-15-9-12-21(13-10-15)16(2)14-20-18(22)19-11-8-17-6-4-3-5-7-17/h6,15-16H,3-5,7-14H2,1-2H3,(H2,19,20,22). The lowest BCUT2D eigenvalue weighted by Gasteiger charge is -2.35. The molecule has 1 fully saturated rings. The number of rotatable bonds is 6. The molecule has 0 radical (unpaired) electrons. The van der Waals surface area contributed by atoms with Gasteiger partial charge in [0.1, 0.15) is 0 Å². The van der Waals surface area contributed by atoms with Crippen molar-refractivity contribution in [1.29, 1.82) is 0 Å². The van der Waals surface area contributed by atoms with Crippen LogP contribution in [0.15, 0.2) is 11.6 Å². The van der Waals surface area contributed by atoms with E-state index in [1.54, 1.807) is 0 Å². The molecule has 2 aliphatic rings. The van der Waals surface area contributed by atoms with Gasteiger partial charge < -0.3 is 10.6 Å². The first-order chi connectivity index (χ1) is 10.6. The van der Waals surface area contributed by atoms with E-state index in [0.717, 1.165) is 25.4 Å². The number of piperidine rings is 1. The molecule has 2 N–H and O–H groups in total. The summed E-state index contributed by atoms with van der Waals surface area (Å²) in [4.78, 5) is 14.4. The van der Waals surface area contributed by atoms with Crippen molar-refractivity contribution in [2.75, 3.05) is 26.2 Å². The van der Waals surface area contributed by atoms with Gasteiger partial charge in [0, 0.05) is 19.1 Å². The van der Waals surface area contributed by atoms with Crippen LogP contribution < -0.4 is 10.6 Å². The number of urea groups is 1. The molecule has 0 aromatic carbocycles. The number of likely N-dealkylation sites (tertiary alicyclic amines) is 1. The second-order valence-corrected chi connectivity index (χ2v) is 7.06. The molecule has 22 heavy (non-hydrogen) atoms. The van der Waals surface area contributed by atoms with Gasteiger partial charge in [-0.1, -0.05) is 18.6 Å². The molecule has 2 amide bonds. The molecule has 0 aromatic heterocycles. The first-order valence-corrected chi connectivity index (χ1v) is 9.09. The van der Waals surface area contributed by atoms with Gasteiger partial charge >= 0.3 is 6.03 Å². The summed E-state index contributed by atoms with van der Waals surface area (Å²) in [5.74, 6) is 0.855. The summed E-state index contributed by atoms with van der Waals surface area (Å²) in [6.45, 7) is 8.37. The Morgan fingerprint density at radius 1 is 1.32 bits per heavy atom. The van der Waals surface area contributed by atoms with E-state index in [1.165, 1.54) is 57.2 Å². The molecule has 4 nitrogen and oxygen atoms in total. The first kappa shape index (κ1) is 17.3. The fourth-order valence-corrected chi connectivity index (χ4v) is 3.37. The third kappa shape index (κ3) is 5.99. The fraction of sp³-hybridized carbons (Fsp3) is 0.833. The van der Waals surface area contributed by atoms with Gasteiger partial charge in [0.15, 0.2) is 0 Å². The van der Waals surface area contributed by atoms with Crippen molar-refractivity contribution in [3.8, 4) is 0 Å². The number of allylic oxidation sites excluding steroid dienone is 1. The normalized spacial score (nSPS) is 22.0. The molecule has 1 saturated heterocycles. The first-order valence-electron chi connectivity index (χ1n) is 9.09. The van der Waals surface area contributed by atoms with Gasteiger partial charge in [-0.2, -0.15) is 0 Å². The van der Waals surface area contributed by atoms with Gasteiger partial charge in [-0.15, -0.1) is 0 Å². The third-order valence-corrected chi connectivity index (χ3v) is 5.12. The number of hydrogen-bond donors (Lipinski definition) is 2. The highest BCUT2D eigenvalue weighted by Gasteiger charge is 2.20. The van der Waals surface area contributed by atoms with Crippen LogP contribution in [-0.2, 0) is 0 Å². The molecule has 1 aliphatic carbocycles. The minimum Gasteiger partial charge on any atom is -0.338 e. The number of amides is 2. The zero-order valence-electron chi connectivity index (χ0n) is 14.4. The van der Waals surface area contributed by atoms with Crippen LogP contribution in [0, 0.1) is 5.92 Å². The van der Waals surface area contributed by atoms with E-state index in [4.69, 9.17) is 0 Å². The van der Waals surface area contributed by atoms with E-state index >= 15 is 0 Å². The van der Waals surface area contributed by atoms with Crippen LogP contribution in [0.5, 0.6) is 0 Å². The molecule has 0 saturated carbocycles. The van der Waals surface area contributed by atoms with Crippen LogP contribution in [0.3, 0.4) is 0 Å². The lowest BCUT2D eigenvalue weighted by atomic mass is 9.97. The maximum Gasteiger partial charge on any atom is 0.314 e. The van der Waals surface area contributed by atoms with Gasteiger partial charge in [0.05, 0.1) is 0 Å². The van der Waals surface area contributed by atoms with Gasteiger partial charge in [-0.05, 0) is 70.9 Å². The van der Waals surface area contributed by atoms with Gasteiger partial charge in [0.2, 0.25) is 0 Å². The average molecular weight is 307 g/mol. The zero-order valence-corrected chi connectivity index (χ0v) is 14.4. The molecule has 1 heterocycles.